The van der Waals surface area contributed by atoms with Crippen LogP contribution in [0.5, 0.6) is 0 Å². The Balaban J connectivity index is 0.000000212. The number of hydrogen-bond donors (Lipinski definition) is 5. The molecule has 12 aromatic rings. The number of aliphatic hydroxyl groups is 2. The molecule has 0 saturated carbocycles. The van der Waals surface area contributed by atoms with Gasteiger partial charge in [0, 0.05) is 0 Å². The Morgan fingerprint density at radius 1 is 0.344 bits per heavy atom. The van der Waals surface area contributed by atoms with Crippen molar-refractivity contribution >= 4 is 83.7 Å². The monoisotopic (exact) mass is 1270 g/mol. The summed E-state index contributed by atoms with van der Waals surface area (Å²) < 4.78 is 21.1. The molecular weight excluding hydrogens is 1200 g/mol. The molecule has 0 aliphatic rings. The molecule has 4 unspecified atom stereocenters. The largest absolute Gasteiger partial charge is 1.00 e. The molecule has 0 aliphatic carbocycles. The second-order valence-corrected chi connectivity index (χ2v) is 20.4. The van der Waals surface area contributed by atoms with Crippen LogP contribution in [0.25, 0.3) is 53.9 Å². The molecule has 0 amide bonds. The number of aliphatic hydroxyl groups excluding tert-OH is 2. The second-order valence-electron chi connectivity index (χ2n) is 20.4. The molecule has 12 aromatic carbocycles. The molecule has 0 heterocycles. The van der Waals surface area contributed by atoms with Gasteiger partial charge >= 0.3 is 81.2 Å². The number of esters is 2. The minimum absolute atomic E-state index is 0. The van der Waals surface area contributed by atoms with Crippen LogP contribution in [0, 0.1) is 0 Å². The third-order valence-corrected chi connectivity index (χ3v) is 14.5. The molecule has 470 valence electrons. The van der Waals surface area contributed by atoms with Gasteiger partial charge in [-0.1, -0.05) is 280 Å². The number of benzene rings is 12. The molecule has 12 rings (SSSR count). The average Bonchev–Trinajstić information content (AvgIpc) is 0.874. The van der Waals surface area contributed by atoms with Gasteiger partial charge in [-0.25, -0.2) is 19.2 Å². The van der Waals surface area contributed by atoms with Gasteiger partial charge in [0.05, 0.1) is 33.9 Å². The first-order valence-corrected chi connectivity index (χ1v) is 28.6. The smallest absolute Gasteiger partial charge is 0.870 e. The van der Waals surface area contributed by atoms with Crippen molar-refractivity contribution in [2.75, 3.05) is 14.2 Å². The van der Waals surface area contributed by atoms with Crippen LogP contribution in [0.4, 0.5) is 0 Å². The summed E-state index contributed by atoms with van der Waals surface area (Å²) in [6.45, 7) is 0.616. The van der Waals surface area contributed by atoms with Crippen LogP contribution in [0.3, 0.4) is 0 Å². The number of hydrogen-bond acceptors (Lipinski definition) is 12. The maximum atomic E-state index is 12.2. The summed E-state index contributed by atoms with van der Waals surface area (Å²) in [4.78, 5) is 56.5. The fraction of sp³-hybridized carbons (Fsp3) is 0.130. The van der Waals surface area contributed by atoms with E-state index in [1.165, 1.54) is 14.2 Å². The first-order chi connectivity index (χ1) is 43.8. The third-order valence-electron chi connectivity index (χ3n) is 14.5. The van der Waals surface area contributed by atoms with Crippen LogP contribution in [0.15, 0.2) is 273 Å². The van der Waals surface area contributed by atoms with Crippen molar-refractivity contribution < 1.29 is 125 Å². The van der Waals surface area contributed by atoms with Gasteiger partial charge in [0.25, 0.3) is 0 Å². The second kappa shape index (κ2) is 37.9. The molecule has 6 N–H and O–H groups in total. The summed E-state index contributed by atoms with van der Waals surface area (Å²) in [5.41, 5.74) is 5.35. The molecule has 0 aliphatic heterocycles. The Kier molecular flexibility index (Phi) is 30.4. The number of ether oxygens (including phenoxy) is 4. The van der Waals surface area contributed by atoms with Gasteiger partial charge < -0.3 is 50.0 Å². The zero-order chi connectivity index (χ0) is 63.8. The maximum absolute atomic E-state index is 12.2. The minimum Gasteiger partial charge on any atom is -0.870 e. The Hall–Kier alpha value is -9.27. The van der Waals surface area contributed by atoms with Gasteiger partial charge in [-0.3, -0.25) is 4.79 Å². The van der Waals surface area contributed by atoms with Crippen molar-refractivity contribution in [2.45, 2.75) is 51.5 Å². The summed E-state index contributed by atoms with van der Waals surface area (Å²) >= 11 is 0. The summed E-state index contributed by atoms with van der Waals surface area (Å²) in [6.07, 6.45) is -4.33. The Bertz CT molecular complexity index is 4340. The molecule has 0 saturated heterocycles. The van der Waals surface area contributed by atoms with E-state index in [4.69, 9.17) is 24.4 Å². The van der Waals surface area contributed by atoms with Gasteiger partial charge in [0.15, 0.2) is 24.4 Å². The van der Waals surface area contributed by atoms with Crippen molar-refractivity contribution in [1.29, 1.82) is 0 Å². The predicted octanol–water partition coefficient (Wildman–Crippen LogP) is 12.4. The fourth-order valence-corrected chi connectivity index (χ4v) is 10.1. The normalized spacial score (nSPS) is 11.6. The molecule has 0 spiro atoms. The van der Waals surface area contributed by atoms with E-state index in [-0.39, 0.29) is 77.3 Å². The minimum atomic E-state index is -1.46. The van der Waals surface area contributed by atoms with Crippen LogP contribution >= 0.6 is 0 Å². The van der Waals surface area contributed by atoms with Crippen molar-refractivity contribution in [3.05, 3.63) is 312 Å². The van der Waals surface area contributed by atoms with Crippen LogP contribution in [-0.4, -0.2) is 75.1 Å². The Morgan fingerprint density at radius 2 is 0.645 bits per heavy atom. The number of carboxylic acid groups (broad SMARTS) is 3. The van der Waals surface area contributed by atoms with Gasteiger partial charge in [-0.15, -0.1) is 0 Å². The Labute approximate surface area is 581 Å². The first kappa shape index (κ1) is 74.5. The molecule has 0 radical (unpaired) electrons. The van der Waals surface area contributed by atoms with Crippen molar-refractivity contribution in [2.24, 2.45) is 0 Å². The molecular formula is C77H71KO15. The van der Waals surface area contributed by atoms with Gasteiger partial charge in [-0.2, -0.15) is 0 Å². The maximum Gasteiger partial charge on any atom is 1.00 e. The summed E-state index contributed by atoms with van der Waals surface area (Å²) in [6, 6.07) is 85.8. The zero-order valence-electron chi connectivity index (χ0n) is 50.8. The Morgan fingerprint density at radius 3 is 1.02 bits per heavy atom. The number of rotatable bonds is 16. The topological polar surface area (TPSA) is 253 Å². The van der Waals surface area contributed by atoms with E-state index in [2.05, 4.69) is 4.74 Å². The van der Waals surface area contributed by atoms with Crippen molar-refractivity contribution in [1.82, 2.24) is 0 Å². The van der Waals surface area contributed by atoms with Crippen LogP contribution in [0.1, 0.15) is 70.8 Å². The molecule has 4 atom stereocenters. The zero-order valence-corrected chi connectivity index (χ0v) is 53.9. The number of fused-ring (bicyclic) bond motifs is 5. The third kappa shape index (κ3) is 20.6. The summed E-state index contributed by atoms with van der Waals surface area (Å²) in [5, 5.41) is 56.0. The van der Waals surface area contributed by atoms with Crippen molar-refractivity contribution in [3.8, 4) is 0 Å². The fourth-order valence-electron chi connectivity index (χ4n) is 10.1. The van der Waals surface area contributed by atoms with Gasteiger partial charge in [0.1, 0.15) is 0 Å². The SMILES string of the molecule is C.COC(=O)C(O)c1cccc2ccccc12.COC(=O)C(OCc1ccccc1)c1cccc2ccccc12.O=C(O)C(O)c1cccc2ccccc12.O=C(O)C(OCc1ccccc1)c1cccc2ccccc12.O=C(O)Cc1cccc2ccccc12.[K+].[OH-]. The van der Waals surface area contributed by atoms with E-state index < -0.39 is 54.3 Å². The van der Waals surface area contributed by atoms with E-state index >= 15 is 0 Å². The summed E-state index contributed by atoms with van der Waals surface area (Å²) in [7, 11) is 2.64. The molecule has 0 fully saturated rings. The number of methoxy groups -OCH3 is 2. The van der Waals surface area contributed by atoms with Crippen molar-refractivity contribution in [3.63, 3.8) is 0 Å². The van der Waals surface area contributed by atoms with Crippen LogP contribution in [-0.2, 0) is 62.6 Å². The first-order valence-electron chi connectivity index (χ1n) is 28.6. The predicted molar refractivity (Wildman–Crippen MR) is 357 cm³/mol. The number of aliphatic carboxylic acids is 3. The molecule has 16 heteroatoms. The number of carbonyl (C=O) groups excluding carboxylic acids is 2. The van der Waals surface area contributed by atoms with E-state index in [0.29, 0.717) is 23.3 Å². The number of carbonyl (C=O) groups is 5. The van der Waals surface area contributed by atoms with Crippen LogP contribution < -0.4 is 51.4 Å². The van der Waals surface area contributed by atoms with E-state index in [9.17, 15) is 39.3 Å². The standard InChI is InChI=1S/C20H18O3.C19H16O3.C13H12O3.C12H10O3.C12H10O2.CH4.K.H2O/c1-22-20(21)19(23-14-15-8-3-2-4-9-15)18-13-7-11-16-10-5-6-12-17(16)18;20-19(21)18(22-13-14-7-2-1-3-8-14)17-12-6-10-15-9-4-5-11-16(15)17;1-16-13(15)12(14)11-8-4-6-9-5-2-3-7-10(9)11;13-11(12(14)15)10-7-3-5-8-4-1-2-6-9(8)10;13-12(14)8-10-6-3-5-9-4-1-2-7-11(9)10;;;/h2-13,19H,14H2,1H3;1-12,18H,13H2,(H,20,21);2-8,12,14H,1H3;1-7,11,13H,(H,14,15);1-7H,8H2,(H,13,14);1H4;;1H2/q;;;;;;+1;/p-1. The average molecular weight is 1280 g/mol. The van der Waals surface area contributed by atoms with E-state index in [0.717, 1.165) is 76.1 Å². The quantitative estimate of drug-likeness (QED) is 0.0445. The van der Waals surface area contributed by atoms with E-state index in [1.807, 2.05) is 249 Å². The molecule has 0 aromatic heterocycles. The van der Waals surface area contributed by atoms with Gasteiger partial charge in [-0.05, 0) is 92.8 Å². The van der Waals surface area contributed by atoms with E-state index in [1.54, 1.807) is 24.3 Å². The molecule has 0 bridgehead atoms. The number of carboxylic acids is 3. The molecule has 93 heavy (non-hydrogen) atoms. The van der Waals surface area contributed by atoms with Gasteiger partial charge in [0.2, 0.25) is 0 Å². The molecule has 15 nitrogen and oxygen atoms in total. The summed E-state index contributed by atoms with van der Waals surface area (Å²) in [5.74, 6) is -4.03. The van der Waals surface area contributed by atoms with Crippen LogP contribution in [0.2, 0.25) is 0 Å².